The zero-order chi connectivity index (χ0) is 26.9. The monoisotopic (exact) mass is 582 g/mol. The maximum atomic E-state index is 14.0. The van der Waals surface area contributed by atoms with E-state index in [9.17, 15) is 4.79 Å². The molecule has 39 heavy (non-hydrogen) atoms. The van der Waals surface area contributed by atoms with Crippen LogP contribution in [0.2, 0.25) is 15.1 Å². The third kappa shape index (κ3) is 4.50. The lowest BCUT2D eigenvalue weighted by Gasteiger charge is -2.61. The Kier molecular flexibility index (Phi) is 6.50. The molecule has 1 saturated heterocycles. The van der Waals surface area contributed by atoms with E-state index in [1.165, 1.54) is 38.5 Å². The van der Waals surface area contributed by atoms with Gasteiger partial charge in [0.25, 0.3) is 5.91 Å². The number of hydrogen-bond acceptors (Lipinski definition) is 3. The molecule has 5 aliphatic rings. The van der Waals surface area contributed by atoms with Crippen molar-refractivity contribution in [2.24, 2.45) is 17.8 Å². The summed E-state index contributed by atoms with van der Waals surface area (Å²) in [7, 11) is 0. The molecule has 8 heteroatoms. The van der Waals surface area contributed by atoms with Crippen molar-refractivity contribution in [3.05, 3.63) is 68.8 Å². The SMILES string of the molecule is Cc1c(C(=O)N2CCN(C34CC5CC(CC(C5)C3)C4)CC2)nn(-c2ccc(Cl)cc2Cl)c1-c1ccc(Cl)cc1. The second kappa shape index (κ2) is 9.80. The van der Waals surface area contributed by atoms with E-state index in [1.54, 1.807) is 16.8 Å². The van der Waals surface area contributed by atoms with Crippen LogP contribution in [0, 0.1) is 24.7 Å². The number of carbonyl (C=O) groups is 1. The predicted octanol–water partition coefficient (Wildman–Crippen LogP) is 7.53. The number of hydrogen-bond donors (Lipinski definition) is 0. The van der Waals surface area contributed by atoms with Crippen molar-refractivity contribution in [2.45, 2.75) is 51.0 Å². The van der Waals surface area contributed by atoms with Crippen molar-refractivity contribution in [1.82, 2.24) is 19.6 Å². The van der Waals surface area contributed by atoms with Crippen molar-refractivity contribution in [3.8, 4) is 16.9 Å². The van der Waals surface area contributed by atoms with Gasteiger partial charge in [0, 0.05) is 52.9 Å². The van der Waals surface area contributed by atoms with Gasteiger partial charge in [-0.1, -0.05) is 46.9 Å². The molecule has 8 rings (SSSR count). The molecule has 2 heterocycles. The van der Waals surface area contributed by atoms with E-state index >= 15 is 0 Å². The topological polar surface area (TPSA) is 41.4 Å². The summed E-state index contributed by atoms with van der Waals surface area (Å²) in [6, 6.07) is 12.9. The summed E-state index contributed by atoms with van der Waals surface area (Å²) < 4.78 is 1.77. The molecule has 1 amide bonds. The fraction of sp³-hybridized carbons (Fsp3) is 0.484. The highest BCUT2D eigenvalue weighted by atomic mass is 35.5. The van der Waals surface area contributed by atoms with Crippen molar-refractivity contribution in [2.75, 3.05) is 26.2 Å². The number of halogens is 3. The predicted molar refractivity (Wildman–Crippen MR) is 157 cm³/mol. The maximum absolute atomic E-state index is 14.0. The van der Waals surface area contributed by atoms with E-state index in [0.717, 1.165) is 60.8 Å². The molecule has 1 aliphatic heterocycles. The molecule has 3 aromatic rings. The molecule has 2 aromatic carbocycles. The molecule has 4 aliphatic carbocycles. The van der Waals surface area contributed by atoms with Gasteiger partial charge in [0.1, 0.15) is 0 Å². The van der Waals surface area contributed by atoms with Crippen LogP contribution in [0.25, 0.3) is 16.9 Å². The fourth-order valence-corrected chi connectivity index (χ4v) is 9.07. The highest BCUT2D eigenvalue weighted by Gasteiger charge is 2.53. The van der Waals surface area contributed by atoms with Crippen molar-refractivity contribution in [1.29, 1.82) is 0 Å². The average molecular weight is 584 g/mol. The minimum atomic E-state index is -0.0169. The Morgan fingerprint density at radius 1 is 0.846 bits per heavy atom. The van der Waals surface area contributed by atoms with Crippen LogP contribution in [0.5, 0.6) is 0 Å². The minimum absolute atomic E-state index is 0.0169. The first-order valence-electron chi connectivity index (χ1n) is 14.1. The van der Waals surface area contributed by atoms with Gasteiger partial charge < -0.3 is 4.90 Å². The molecular weight excluding hydrogens is 551 g/mol. The summed E-state index contributed by atoms with van der Waals surface area (Å²) >= 11 is 19.0. The van der Waals surface area contributed by atoms with Gasteiger partial charge >= 0.3 is 0 Å². The second-order valence-corrected chi connectivity index (χ2v) is 13.5. The fourth-order valence-electron chi connectivity index (χ4n) is 8.46. The van der Waals surface area contributed by atoms with Crippen LogP contribution >= 0.6 is 34.8 Å². The van der Waals surface area contributed by atoms with Gasteiger partial charge in [0.15, 0.2) is 5.69 Å². The highest BCUT2D eigenvalue weighted by Crippen LogP contribution is 2.57. The van der Waals surface area contributed by atoms with Crippen LogP contribution in [0.1, 0.15) is 54.6 Å². The molecule has 4 saturated carbocycles. The number of nitrogens with zero attached hydrogens (tertiary/aromatic N) is 4. The molecule has 4 bridgehead atoms. The van der Waals surface area contributed by atoms with Gasteiger partial charge in [-0.2, -0.15) is 5.10 Å². The zero-order valence-electron chi connectivity index (χ0n) is 22.2. The standard InChI is InChI=1S/C31H33Cl3N4O/c1-19-28(35-38(27-7-6-25(33)15-26(27)34)29(19)23-2-4-24(32)5-3-23)30(39)36-8-10-37(11-9-36)31-16-20-12-21(17-31)14-22(13-20)18-31/h2-7,15,20-22H,8-14,16-18H2,1H3. The molecule has 5 fully saturated rings. The Morgan fingerprint density at radius 2 is 1.44 bits per heavy atom. The molecule has 0 N–H and O–H groups in total. The lowest BCUT2D eigenvalue weighted by molar-refractivity contribution is -0.0987. The average Bonchev–Trinajstić information content (AvgIpc) is 3.24. The first-order valence-corrected chi connectivity index (χ1v) is 15.3. The Hall–Kier alpha value is -2.05. The third-order valence-corrected chi connectivity index (χ3v) is 10.6. The number of rotatable bonds is 4. The van der Waals surface area contributed by atoms with E-state index in [0.29, 0.717) is 32.0 Å². The molecule has 0 unspecified atom stereocenters. The Bertz CT molecular complexity index is 1390. The van der Waals surface area contributed by atoms with Crippen LogP contribution < -0.4 is 0 Å². The van der Waals surface area contributed by atoms with Crippen molar-refractivity contribution >= 4 is 40.7 Å². The van der Waals surface area contributed by atoms with Crippen molar-refractivity contribution in [3.63, 3.8) is 0 Å². The summed E-state index contributed by atoms with van der Waals surface area (Å²) in [4.78, 5) is 18.7. The summed E-state index contributed by atoms with van der Waals surface area (Å²) in [5, 5.41) is 6.55. The lowest BCUT2D eigenvalue weighted by Crippen LogP contribution is -2.64. The van der Waals surface area contributed by atoms with Crippen LogP contribution in [-0.4, -0.2) is 57.2 Å². The van der Waals surface area contributed by atoms with Crippen LogP contribution in [-0.2, 0) is 0 Å². The van der Waals surface area contributed by atoms with Gasteiger partial charge in [-0.05, 0) is 93.5 Å². The third-order valence-electron chi connectivity index (χ3n) is 9.82. The first kappa shape index (κ1) is 25.9. The summed E-state index contributed by atoms with van der Waals surface area (Å²) in [5.74, 6) is 2.76. The Balaban J connectivity index is 1.17. The highest BCUT2D eigenvalue weighted by molar-refractivity contribution is 6.35. The van der Waals surface area contributed by atoms with Gasteiger partial charge in [0.2, 0.25) is 0 Å². The van der Waals surface area contributed by atoms with E-state index in [2.05, 4.69) is 4.90 Å². The van der Waals surface area contributed by atoms with E-state index in [-0.39, 0.29) is 5.91 Å². The van der Waals surface area contributed by atoms with E-state index < -0.39 is 0 Å². The maximum Gasteiger partial charge on any atom is 0.274 e. The molecule has 0 spiro atoms. The second-order valence-electron chi connectivity index (χ2n) is 12.3. The largest absolute Gasteiger partial charge is 0.335 e. The minimum Gasteiger partial charge on any atom is -0.335 e. The number of carbonyl (C=O) groups excluding carboxylic acids is 1. The first-order chi connectivity index (χ1) is 18.8. The molecule has 5 nitrogen and oxygen atoms in total. The van der Waals surface area contributed by atoms with Gasteiger partial charge in [-0.3, -0.25) is 9.69 Å². The summed E-state index contributed by atoms with van der Waals surface area (Å²) in [6.45, 7) is 5.35. The quantitative estimate of drug-likeness (QED) is 0.319. The number of aromatic nitrogens is 2. The van der Waals surface area contributed by atoms with Gasteiger partial charge in [-0.25, -0.2) is 4.68 Å². The smallest absolute Gasteiger partial charge is 0.274 e. The van der Waals surface area contributed by atoms with E-state index in [4.69, 9.17) is 39.9 Å². The molecule has 1 aromatic heterocycles. The molecule has 0 atom stereocenters. The number of amides is 1. The molecule has 0 radical (unpaired) electrons. The molecule has 204 valence electrons. The van der Waals surface area contributed by atoms with Crippen LogP contribution in [0.3, 0.4) is 0 Å². The number of benzene rings is 2. The van der Waals surface area contributed by atoms with Gasteiger partial charge in [0.05, 0.1) is 16.4 Å². The zero-order valence-corrected chi connectivity index (χ0v) is 24.4. The van der Waals surface area contributed by atoms with Crippen molar-refractivity contribution < 1.29 is 4.79 Å². The number of piperazine rings is 1. The van der Waals surface area contributed by atoms with Gasteiger partial charge in [-0.15, -0.1) is 0 Å². The van der Waals surface area contributed by atoms with Crippen LogP contribution in [0.4, 0.5) is 0 Å². The lowest BCUT2D eigenvalue weighted by atomic mass is 9.52. The van der Waals surface area contributed by atoms with Crippen LogP contribution in [0.15, 0.2) is 42.5 Å². The normalized spacial score (nSPS) is 28.3. The van der Waals surface area contributed by atoms with E-state index in [1.807, 2.05) is 42.2 Å². The summed E-state index contributed by atoms with van der Waals surface area (Å²) in [5.41, 5.74) is 4.10. The Morgan fingerprint density at radius 3 is 2.03 bits per heavy atom. The Labute approximate surface area is 245 Å². The summed E-state index contributed by atoms with van der Waals surface area (Å²) in [6.07, 6.45) is 8.45. The molecular formula is C31H33Cl3N4O.